The first-order valence-corrected chi connectivity index (χ1v) is 4.82. The minimum absolute atomic E-state index is 0.130. The molecule has 1 rings (SSSR count). The number of nitrogens with zero attached hydrogens (tertiary/aromatic N) is 2. The Morgan fingerprint density at radius 3 is 2.50 bits per heavy atom. The lowest BCUT2D eigenvalue weighted by Gasteiger charge is -2.12. The first kappa shape index (κ1) is 10.9. The molecule has 1 atom stereocenters. The van der Waals surface area contributed by atoms with Gasteiger partial charge in [-0.2, -0.15) is 0 Å². The van der Waals surface area contributed by atoms with Crippen LogP contribution < -0.4 is 11.1 Å². The molecule has 0 bridgehead atoms. The summed E-state index contributed by atoms with van der Waals surface area (Å²) in [6, 6.07) is 0.130. The maximum absolute atomic E-state index is 5.66. The van der Waals surface area contributed by atoms with E-state index in [-0.39, 0.29) is 6.04 Å². The van der Waals surface area contributed by atoms with Crippen LogP contribution in [0.2, 0.25) is 0 Å². The van der Waals surface area contributed by atoms with Crippen molar-refractivity contribution >= 4 is 5.82 Å². The quantitative estimate of drug-likeness (QED) is 0.758. The average Bonchev–Trinajstić information content (AvgIpc) is 2.08. The zero-order valence-electron chi connectivity index (χ0n) is 9.26. The van der Waals surface area contributed by atoms with Crippen LogP contribution in [-0.4, -0.2) is 22.6 Å². The fraction of sp³-hybridized carbons (Fsp3) is 0.600. The van der Waals surface area contributed by atoms with Crippen LogP contribution >= 0.6 is 0 Å². The first-order valence-electron chi connectivity index (χ1n) is 4.82. The summed E-state index contributed by atoms with van der Waals surface area (Å²) in [5, 5.41) is 3.22. The molecule has 0 saturated carbocycles. The zero-order chi connectivity index (χ0) is 10.7. The number of nitrogens with two attached hydrogens (primary N) is 1. The second-order valence-electron chi connectivity index (χ2n) is 3.69. The van der Waals surface area contributed by atoms with Gasteiger partial charge < -0.3 is 11.1 Å². The molecule has 1 aromatic heterocycles. The summed E-state index contributed by atoms with van der Waals surface area (Å²) in [4.78, 5) is 8.61. The number of anilines is 1. The van der Waals surface area contributed by atoms with Gasteiger partial charge in [0.2, 0.25) is 0 Å². The molecule has 0 aliphatic carbocycles. The minimum Gasteiger partial charge on any atom is -0.368 e. The third-order valence-electron chi connectivity index (χ3n) is 2.09. The van der Waals surface area contributed by atoms with E-state index in [1.165, 1.54) is 0 Å². The fourth-order valence-corrected chi connectivity index (χ4v) is 1.20. The molecular formula is C10H18N4. The van der Waals surface area contributed by atoms with E-state index >= 15 is 0 Å². The lowest BCUT2D eigenvalue weighted by Crippen LogP contribution is -2.26. The van der Waals surface area contributed by atoms with E-state index in [1.807, 2.05) is 27.7 Å². The van der Waals surface area contributed by atoms with Crippen LogP contribution in [0.25, 0.3) is 0 Å². The molecule has 0 saturated heterocycles. The molecule has 0 aliphatic rings. The molecule has 3 N–H and O–H groups in total. The van der Waals surface area contributed by atoms with Crippen molar-refractivity contribution in [1.82, 2.24) is 9.97 Å². The molecule has 0 radical (unpaired) electrons. The molecule has 1 unspecified atom stereocenters. The van der Waals surface area contributed by atoms with E-state index < -0.39 is 0 Å². The molecule has 0 aromatic carbocycles. The predicted octanol–water partition coefficient (Wildman–Crippen LogP) is 1.16. The molecule has 0 spiro atoms. The van der Waals surface area contributed by atoms with Crippen molar-refractivity contribution in [1.29, 1.82) is 0 Å². The number of hydrogen-bond acceptors (Lipinski definition) is 4. The van der Waals surface area contributed by atoms with Gasteiger partial charge in [-0.25, -0.2) is 9.97 Å². The molecule has 4 nitrogen and oxygen atoms in total. The van der Waals surface area contributed by atoms with Crippen molar-refractivity contribution in [3.05, 3.63) is 17.1 Å². The van der Waals surface area contributed by atoms with Crippen molar-refractivity contribution in [3.63, 3.8) is 0 Å². The van der Waals surface area contributed by atoms with E-state index in [9.17, 15) is 0 Å². The maximum atomic E-state index is 5.66. The van der Waals surface area contributed by atoms with E-state index in [4.69, 9.17) is 5.73 Å². The van der Waals surface area contributed by atoms with E-state index in [2.05, 4.69) is 15.3 Å². The van der Waals surface area contributed by atoms with Crippen LogP contribution in [0.4, 0.5) is 5.82 Å². The normalized spacial score (nSPS) is 12.6. The van der Waals surface area contributed by atoms with Crippen LogP contribution in [0.5, 0.6) is 0 Å². The van der Waals surface area contributed by atoms with Gasteiger partial charge >= 0.3 is 0 Å². The molecule has 0 aliphatic heterocycles. The highest BCUT2D eigenvalue weighted by atomic mass is 15.0. The molecule has 0 fully saturated rings. The lowest BCUT2D eigenvalue weighted by molar-refractivity contribution is 0.774. The fourth-order valence-electron chi connectivity index (χ4n) is 1.20. The van der Waals surface area contributed by atoms with Gasteiger partial charge in [0.25, 0.3) is 0 Å². The molecule has 0 amide bonds. The Hall–Kier alpha value is -1.16. The summed E-state index contributed by atoms with van der Waals surface area (Å²) in [5.41, 5.74) is 7.77. The van der Waals surface area contributed by atoms with Gasteiger partial charge in [-0.1, -0.05) is 0 Å². The van der Waals surface area contributed by atoms with Gasteiger partial charge in [0.05, 0.1) is 0 Å². The summed E-state index contributed by atoms with van der Waals surface area (Å²) in [6.45, 7) is 8.59. The summed E-state index contributed by atoms with van der Waals surface area (Å²) in [5.74, 6) is 1.69. The van der Waals surface area contributed by atoms with E-state index in [1.54, 1.807) is 0 Å². The summed E-state index contributed by atoms with van der Waals surface area (Å²) >= 11 is 0. The van der Waals surface area contributed by atoms with Crippen LogP contribution in [0, 0.1) is 20.8 Å². The van der Waals surface area contributed by atoms with Gasteiger partial charge in [-0.05, 0) is 27.7 Å². The highest BCUT2D eigenvalue weighted by Gasteiger charge is 2.05. The standard InChI is InChI=1S/C10H18N4/c1-6(11)5-12-10-7(2)8(3)13-9(4)14-10/h6H,5,11H2,1-4H3,(H,12,13,14). The Bertz CT molecular complexity index is 320. The topological polar surface area (TPSA) is 63.8 Å². The number of aryl methyl sites for hydroxylation is 2. The molecule has 78 valence electrons. The Kier molecular flexibility index (Phi) is 3.41. The number of nitrogens with one attached hydrogen (secondary N) is 1. The van der Waals surface area contributed by atoms with Gasteiger partial charge in [0, 0.05) is 23.8 Å². The summed E-state index contributed by atoms with van der Waals surface area (Å²) in [6.07, 6.45) is 0. The van der Waals surface area contributed by atoms with Crippen molar-refractivity contribution in [3.8, 4) is 0 Å². The smallest absolute Gasteiger partial charge is 0.132 e. The highest BCUT2D eigenvalue weighted by Crippen LogP contribution is 2.13. The molecule has 1 heterocycles. The molecular weight excluding hydrogens is 176 g/mol. The van der Waals surface area contributed by atoms with Crippen LogP contribution in [0.3, 0.4) is 0 Å². The van der Waals surface area contributed by atoms with Gasteiger partial charge in [0.1, 0.15) is 11.6 Å². The Morgan fingerprint density at radius 1 is 1.29 bits per heavy atom. The first-order chi connectivity index (χ1) is 6.50. The van der Waals surface area contributed by atoms with Crippen molar-refractivity contribution in [2.24, 2.45) is 5.73 Å². The highest BCUT2D eigenvalue weighted by molar-refractivity contribution is 5.45. The Morgan fingerprint density at radius 2 is 1.93 bits per heavy atom. The summed E-state index contributed by atoms with van der Waals surface area (Å²) < 4.78 is 0. The third-order valence-corrected chi connectivity index (χ3v) is 2.09. The summed E-state index contributed by atoms with van der Waals surface area (Å²) in [7, 11) is 0. The number of rotatable bonds is 3. The lowest BCUT2D eigenvalue weighted by atomic mass is 10.2. The van der Waals surface area contributed by atoms with Gasteiger partial charge in [-0.3, -0.25) is 0 Å². The molecule has 1 aromatic rings. The van der Waals surface area contributed by atoms with E-state index in [0.29, 0.717) is 0 Å². The molecule has 14 heavy (non-hydrogen) atoms. The second kappa shape index (κ2) is 4.37. The van der Waals surface area contributed by atoms with Gasteiger partial charge in [0.15, 0.2) is 0 Å². The van der Waals surface area contributed by atoms with E-state index in [0.717, 1.165) is 29.4 Å². The van der Waals surface area contributed by atoms with Crippen molar-refractivity contribution < 1.29 is 0 Å². The van der Waals surface area contributed by atoms with Crippen molar-refractivity contribution in [2.75, 3.05) is 11.9 Å². The monoisotopic (exact) mass is 194 g/mol. The molecule has 4 heteroatoms. The maximum Gasteiger partial charge on any atom is 0.132 e. The minimum atomic E-state index is 0.130. The zero-order valence-corrected chi connectivity index (χ0v) is 9.26. The van der Waals surface area contributed by atoms with Crippen LogP contribution in [0.1, 0.15) is 24.0 Å². The van der Waals surface area contributed by atoms with Crippen molar-refractivity contribution in [2.45, 2.75) is 33.7 Å². The number of aromatic nitrogens is 2. The van der Waals surface area contributed by atoms with Crippen LogP contribution in [-0.2, 0) is 0 Å². The van der Waals surface area contributed by atoms with Gasteiger partial charge in [-0.15, -0.1) is 0 Å². The largest absolute Gasteiger partial charge is 0.368 e. The SMILES string of the molecule is Cc1nc(C)c(C)c(NCC(C)N)n1. The van der Waals surface area contributed by atoms with Crippen LogP contribution in [0.15, 0.2) is 0 Å². The number of hydrogen-bond donors (Lipinski definition) is 2. The Balaban J connectivity index is 2.85. The average molecular weight is 194 g/mol. The second-order valence-corrected chi connectivity index (χ2v) is 3.69. The third kappa shape index (κ3) is 2.67. The Labute approximate surface area is 85.0 Å². The predicted molar refractivity (Wildman–Crippen MR) is 58.4 cm³/mol.